The highest BCUT2D eigenvalue weighted by molar-refractivity contribution is 5.97. The lowest BCUT2D eigenvalue weighted by Gasteiger charge is -2.23. The number of amides is 1. The molecule has 0 saturated heterocycles. The minimum Gasteiger partial charge on any atom is -0.458 e. The fraction of sp³-hybridized carbons (Fsp3) is 0.500. The topological polar surface area (TPSA) is 113 Å². The zero-order valence-corrected chi connectivity index (χ0v) is 20.4. The number of rotatable bonds is 3. The van der Waals surface area contributed by atoms with Crippen LogP contribution in [0, 0.1) is 5.92 Å². The van der Waals surface area contributed by atoms with Crippen molar-refractivity contribution in [2.24, 2.45) is 5.92 Å². The van der Waals surface area contributed by atoms with Gasteiger partial charge in [0.05, 0.1) is 12.1 Å². The summed E-state index contributed by atoms with van der Waals surface area (Å²) in [6.45, 7) is 9.78. The van der Waals surface area contributed by atoms with Crippen LogP contribution < -0.4 is 5.32 Å². The first-order chi connectivity index (χ1) is 15.4. The Morgan fingerprint density at radius 2 is 1.73 bits per heavy atom. The summed E-state index contributed by atoms with van der Waals surface area (Å²) in [5.74, 6) is -1.80. The van der Waals surface area contributed by atoms with E-state index >= 15 is 0 Å². The Balaban J connectivity index is 3.38. The maximum atomic E-state index is 13.1. The third-order valence-corrected chi connectivity index (χ3v) is 5.28. The third-order valence-electron chi connectivity index (χ3n) is 5.28. The van der Waals surface area contributed by atoms with Crippen molar-refractivity contribution in [1.29, 1.82) is 0 Å². The van der Waals surface area contributed by atoms with Crippen LogP contribution in [0.3, 0.4) is 0 Å². The number of aliphatic hydroxyl groups excluding tert-OH is 2. The summed E-state index contributed by atoms with van der Waals surface area (Å²) in [6, 6.07) is -0.660. The van der Waals surface area contributed by atoms with Crippen LogP contribution in [-0.4, -0.2) is 52.2 Å². The number of Topliss-reactive ketones (excluding diaryl/α,β-unsaturated/α-hetero) is 1. The van der Waals surface area contributed by atoms with E-state index in [-0.39, 0.29) is 5.78 Å². The van der Waals surface area contributed by atoms with Gasteiger partial charge in [-0.1, -0.05) is 54.5 Å². The molecule has 0 spiro atoms. The highest BCUT2D eigenvalue weighted by Gasteiger charge is 2.26. The quantitative estimate of drug-likeness (QED) is 0.559. The minimum atomic E-state index is -1.22. The van der Waals surface area contributed by atoms with Gasteiger partial charge in [0.25, 0.3) is 0 Å². The molecule has 0 aromatic rings. The average Bonchev–Trinajstić information content (AvgIpc) is 2.75. The van der Waals surface area contributed by atoms with Crippen molar-refractivity contribution >= 4 is 17.7 Å². The minimum absolute atomic E-state index is 0.176. The summed E-state index contributed by atoms with van der Waals surface area (Å²) in [5.41, 5.74) is 2.14. The van der Waals surface area contributed by atoms with Crippen LogP contribution >= 0.6 is 0 Å². The Labute approximate surface area is 196 Å². The van der Waals surface area contributed by atoms with Gasteiger partial charge in [0, 0.05) is 19.3 Å². The molecule has 0 fully saturated rings. The van der Waals surface area contributed by atoms with Gasteiger partial charge in [-0.3, -0.25) is 14.4 Å². The number of ketones is 1. The van der Waals surface area contributed by atoms with Crippen LogP contribution in [0.4, 0.5) is 0 Å². The van der Waals surface area contributed by atoms with E-state index in [0.29, 0.717) is 18.4 Å². The van der Waals surface area contributed by atoms with Gasteiger partial charge in [0.1, 0.15) is 12.2 Å². The Bertz CT molecular complexity index is 862. The molecule has 0 heterocycles. The Morgan fingerprint density at radius 3 is 2.33 bits per heavy atom. The molecule has 0 bridgehead atoms. The molecule has 1 rings (SSSR count). The molecular formula is C26H37NO6. The highest BCUT2D eigenvalue weighted by atomic mass is 16.5. The Morgan fingerprint density at radius 1 is 1.09 bits per heavy atom. The summed E-state index contributed by atoms with van der Waals surface area (Å²) < 4.78 is 5.35. The lowest BCUT2D eigenvalue weighted by molar-refractivity contribution is -0.144. The molecular weight excluding hydrogens is 422 g/mol. The second-order valence-electron chi connectivity index (χ2n) is 8.51. The second-order valence-corrected chi connectivity index (χ2v) is 8.51. The number of allylic oxidation sites excluding steroid dienone is 5. The van der Waals surface area contributed by atoms with Gasteiger partial charge in [-0.15, -0.1) is 0 Å². The zero-order valence-electron chi connectivity index (χ0n) is 20.4. The van der Waals surface area contributed by atoms with E-state index in [2.05, 4.69) is 5.32 Å². The normalized spacial score (nSPS) is 33.1. The predicted molar refractivity (Wildman–Crippen MR) is 128 cm³/mol. The van der Waals surface area contributed by atoms with E-state index < -0.39 is 42.1 Å². The van der Waals surface area contributed by atoms with E-state index in [9.17, 15) is 24.6 Å². The van der Waals surface area contributed by atoms with Gasteiger partial charge in [-0.25, -0.2) is 0 Å². The maximum Gasteiger partial charge on any atom is 0.303 e. The maximum absolute atomic E-state index is 13.1. The van der Waals surface area contributed by atoms with E-state index in [1.54, 1.807) is 44.2 Å². The first-order valence-electron chi connectivity index (χ1n) is 11.2. The van der Waals surface area contributed by atoms with Crippen molar-refractivity contribution in [3.05, 3.63) is 59.3 Å². The molecule has 182 valence electrons. The largest absolute Gasteiger partial charge is 0.458 e. The molecule has 0 aliphatic heterocycles. The number of hydrogen-bond donors (Lipinski definition) is 3. The van der Waals surface area contributed by atoms with Crippen LogP contribution in [0.2, 0.25) is 0 Å². The van der Waals surface area contributed by atoms with Gasteiger partial charge >= 0.3 is 5.97 Å². The zero-order chi connectivity index (χ0) is 25.1. The molecule has 5 atom stereocenters. The van der Waals surface area contributed by atoms with E-state index in [1.807, 2.05) is 26.0 Å². The molecule has 0 unspecified atom stereocenters. The number of carbonyl (C=O) groups is 3. The summed E-state index contributed by atoms with van der Waals surface area (Å²) in [5, 5.41) is 22.6. The summed E-state index contributed by atoms with van der Waals surface area (Å²) in [7, 11) is 0. The Kier molecular flexibility index (Phi) is 11.7. The van der Waals surface area contributed by atoms with Crippen molar-refractivity contribution in [2.75, 3.05) is 0 Å². The summed E-state index contributed by atoms with van der Waals surface area (Å²) >= 11 is 0. The predicted octanol–water partition coefficient (Wildman–Crippen LogP) is 3.09. The molecule has 3 N–H and O–H groups in total. The van der Waals surface area contributed by atoms with Crippen molar-refractivity contribution in [1.82, 2.24) is 5.32 Å². The molecule has 0 aromatic heterocycles. The van der Waals surface area contributed by atoms with E-state index in [1.165, 1.54) is 13.8 Å². The van der Waals surface area contributed by atoms with Crippen LogP contribution in [0.25, 0.3) is 0 Å². The van der Waals surface area contributed by atoms with Crippen LogP contribution in [-0.2, 0) is 19.1 Å². The monoisotopic (exact) mass is 459 g/mol. The fourth-order valence-corrected chi connectivity index (χ4v) is 3.20. The molecule has 7 heteroatoms. The Hall–Kier alpha value is -2.77. The van der Waals surface area contributed by atoms with Gasteiger partial charge in [0.2, 0.25) is 5.91 Å². The van der Waals surface area contributed by atoms with Crippen LogP contribution in [0.1, 0.15) is 54.4 Å². The average molecular weight is 460 g/mol. The molecule has 33 heavy (non-hydrogen) atoms. The standard InChI is InChI=1S/C26H37NO6/c1-16-7-11-22(30)12-8-17(2)15-24(27-26(32)20(5)28)19(4)25(31)18(3)10-14-23(13-9-16)33-21(6)29/h7-10,12-13,15,19-20,22-24,28,30H,11,14H2,1-6H3,(H,27,32)/b12-8-,13-9-,16-7-,17-15-,18-10-/t19-,20+,22+,23+,24-/m0/s1. The lowest BCUT2D eigenvalue weighted by atomic mass is 9.90. The first-order valence-corrected chi connectivity index (χ1v) is 11.2. The van der Waals surface area contributed by atoms with Crippen molar-refractivity contribution in [3.63, 3.8) is 0 Å². The third kappa shape index (κ3) is 10.6. The number of nitrogens with one attached hydrogen (secondary N) is 1. The van der Waals surface area contributed by atoms with Gasteiger partial charge in [-0.2, -0.15) is 0 Å². The highest BCUT2D eigenvalue weighted by Crippen LogP contribution is 2.17. The molecule has 0 radical (unpaired) electrons. The smallest absolute Gasteiger partial charge is 0.303 e. The number of hydrogen-bond acceptors (Lipinski definition) is 6. The van der Waals surface area contributed by atoms with Crippen molar-refractivity contribution < 1.29 is 29.3 Å². The second kappa shape index (κ2) is 13.7. The number of ether oxygens (including phenoxy) is 1. The summed E-state index contributed by atoms with van der Waals surface area (Å²) in [6.07, 6.45) is 10.5. The van der Waals surface area contributed by atoms with Gasteiger partial charge < -0.3 is 20.3 Å². The molecule has 7 nitrogen and oxygen atoms in total. The molecule has 1 aliphatic rings. The SMILES string of the molecule is CC(=O)O[C@@H]1/C=C\C(C)=C/C[C@@H](O)/C=C\C(C)=C/[C@H](NC(=O)[C@@H](C)O)[C@H](C)C(=O)/C(C)=C\C1. The lowest BCUT2D eigenvalue weighted by Crippen LogP contribution is -2.45. The van der Waals surface area contributed by atoms with E-state index in [4.69, 9.17) is 4.74 Å². The molecule has 0 aromatic carbocycles. The summed E-state index contributed by atoms with van der Waals surface area (Å²) in [4.78, 5) is 36.7. The fourth-order valence-electron chi connectivity index (χ4n) is 3.20. The molecule has 0 saturated carbocycles. The van der Waals surface area contributed by atoms with Gasteiger partial charge in [0.15, 0.2) is 5.78 Å². The van der Waals surface area contributed by atoms with Crippen LogP contribution in [0.15, 0.2) is 59.3 Å². The van der Waals surface area contributed by atoms with E-state index in [0.717, 1.165) is 11.1 Å². The number of esters is 1. The molecule has 1 aliphatic carbocycles. The van der Waals surface area contributed by atoms with Crippen molar-refractivity contribution in [2.45, 2.75) is 78.7 Å². The number of aliphatic hydroxyl groups is 2. The van der Waals surface area contributed by atoms with Gasteiger partial charge in [-0.05, 0) is 45.8 Å². The first kappa shape index (κ1) is 28.3. The number of carbonyl (C=O) groups excluding carboxylic acids is 3. The van der Waals surface area contributed by atoms with Crippen LogP contribution in [0.5, 0.6) is 0 Å². The molecule has 1 amide bonds. The van der Waals surface area contributed by atoms with Crippen molar-refractivity contribution in [3.8, 4) is 0 Å².